The molecular weight excluding hydrogens is 436 g/mol. The Morgan fingerprint density at radius 3 is 2.16 bits per heavy atom. The highest BCUT2D eigenvalue weighted by Crippen LogP contribution is 2.41. The van der Waals surface area contributed by atoms with Crippen LogP contribution in [0.4, 0.5) is 13.2 Å². The van der Waals surface area contributed by atoms with Gasteiger partial charge in [0.25, 0.3) is 0 Å². The summed E-state index contributed by atoms with van der Waals surface area (Å²) in [4.78, 5) is 12.8. The van der Waals surface area contributed by atoms with Crippen molar-refractivity contribution in [2.24, 2.45) is 0 Å². The van der Waals surface area contributed by atoms with Crippen LogP contribution in [0.5, 0.6) is 5.75 Å². The summed E-state index contributed by atoms with van der Waals surface area (Å²) in [5.74, 6) is -1.48. The molecule has 0 radical (unpaired) electrons. The summed E-state index contributed by atoms with van der Waals surface area (Å²) in [6.07, 6.45) is -1.51. The number of benzene rings is 2. The molecule has 0 bridgehead atoms. The van der Waals surface area contributed by atoms with E-state index in [-0.39, 0.29) is 17.6 Å². The minimum atomic E-state index is -6.02. The van der Waals surface area contributed by atoms with Gasteiger partial charge in [-0.15, -0.1) is 0 Å². The number of halogens is 3. The van der Waals surface area contributed by atoms with Crippen molar-refractivity contribution in [2.75, 3.05) is 6.61 Å². The van der Waals surface area contributed by atoms with Crippen LogP contribution in [-0.4, -0.2) is 39.9 Å². The second-order valence-corrected chi connectivity index (χ2v) is 9.42. The van der Waals surface area contributed by atoms with Gasteiger partial charge in [0.1, 0.15) is 7.85 Å². The molecule has 0 spiro atoms. The van der Waals surface area contributed by atoms with E-state index in [2.05, 4.69) is 4.18 Å². The molecular formula is C20H24BF3O6S. The molecule has 0 heterocycles. The van der Waals surface area contributed by atoms with E-state index in [0.717, 1.165) is 0 Å². The maximum atomic E-state index is 13.1. The van der Waals surface area contributed by atoms with E-state index in [1.807, 2.05) is 0 Å². The molecule has 0 amide bonds. The van der Waals surface area contributed by atoms with Gasteiger partial charge in [-0.3, -0.25) is 0 Å². The molecule has 0 N–H and O–H groups in total. The number of ether oxygens (including phenoxy) is 2. The molecule has 0 saturated heterocycles. The first-order valence-corrected chi connectivity index (χ1v) is 10.9. The monoisotopic (exact) mass is 460 g/mol. The standard InChI is InChI=1S/C20H24BF3O6S/c1-6-28-18(25)17(29-19(3,4)5)14-11(2)15(21)12-9-7-8-10-13(12)16(14)30-31(26,27)20(22,23)24/h7-10,17H,6,21H2,1-5H3/t17-/m0/s1. The highest BCUT2D eigenvalue weighted by molar-refractivity contribution is 7.88. The largest absolute Gasteiger partial charge is 0.534 e. The predicted octanol–water partition coefficient (Wildman–Crippen LogP) is 3.05. The molecule has 0 aromatic heterocycles. The van der Waals surface area contributed by atoms with Gasteiger partial charge in [-0.1, -0.05) is 29.7 Å². The van der Waals surface area contributed by atoms with E-state index in [0.29, 0.717) is 16.4 Å². The summed E-state index contributed by atoms with van der Waals surface area (Å²) >= 11 is 0. The average molecular weight is 460 g/mol. The van der Waals surface area contributed by atoms with Crippen molar-refractivity contribution < 1.29 is 40.0 Å². The average Bonchev–Trinajstić information content (AvgIpc) is 2.63. The number of fused-ring (bicyclic) bond motifs is 1. The minimum Gasteiger partial charge on any atom is -0.464 e. The van der Waals surface area contributed by atoms with Crippen molar-refractivity contribution in [3.8, 4) is 5.75 Å². The summed E-state index contributed by atoms with van der Waals surface area (Å²) in [5.41, 5.74) is -5.71. The molecule has 1 atom stereocenters. The van der Waals surface area contributed by atoms with Crippen LogP contribution < -0.4 is 9.65 Å². The van der Waals surface area contributed by atoms with Crippen LogP contribution in [0.3, 0.4) is 0 Å². The second kappa shape index (κ2) is 8.70. The smallest absolute Gasteiger partial charge is 0.464 e. The molecule has 2 aromatic carbocycles. The molecule has 0 saturated carbocycles. The zero-order valence-corrected chi connectivity index (χ0v) is 18.9. The van der Waals surface area contributed by atoms with Crippen molar-refractivity contribution in [1.82, 2.24) is 0 Å². The van der Waals surface area contributed by atoms with Gasteiger partial charge in [0.15, 0.2) is 11.9 Å². The normalized spacial score (nSPS) is 13.8. The van der Waals surface area contributed by atoms with Gasteiger partial charge in [0, 0.05) is 10.9 Å². The lowest BCUT2D eigenvalue weighted by atomic mass is 9.81. The zero-order chi connectivity index (χ0) is 23.8. The van der Waals surface area contributed by atoms with E-state index in [9.17, 15) is 26.4 Å². The Balaban J connectivity index is 2.94. The van der Waals surface area contributed by atoms with Gasteiger partial charge in [-0.2, -0.15) is 21.6 Å². The fourth-order valence-corrected chi connectivity index (χ4v) is 3.58. The molecule has 11 heteroatoms. The predicted molar refractivity (Wildman–Crippen MR) is 113 cm³/mol. The van der Waals surface area contributed by atoms with Gasteiger partial charge in [-0.25, -0.2) is 4.79 Å². The summed E-state index contributed by atoms with van der Waals surface area (Å²) < 4.78 is 78.8. The van der Waals surface area contributed by atoms with Crippen LogP contribution in [0.25, 0.3) is 10.8 Å². The number of hydrogen-bond acceptors (Lipinski definition) is 6. The lowest BCUT2D eigenvalue weighted by molar-refractivity contribution is -0.167. The third-order valence-electron chi connectivity index (χ3n) is 4.50. The van der Waals surface area contributed by atoms with Crippen molar-refractivity contribution in [1.29, 1.82) is 0 Å². The lowest BCUT2D eigenvalue weighted by Crippen LogP contribution is -2.33. The molecule has 2 aromatic rings. The van der Waals surface area contributed by atoms with E-state index in [4.69, 9.17) is 9.47 Å². The Morgan fingerprint density at radius 1 is 1.13 bits per heavy atom. The summed E-state index contributed by atoms with van der Waals surface area (Å²) in [6, 6.07) is 6.23. The number of hydrogen-bond donors (Lipinski definition) is 0. The van der Waals surface area contributed by atoms with Gasteiger partial charge in [0.05, 0.1) is 12.2 Å². The van der Waals surface area contributed by atoms with E-state index in [1.165, 1.54) is 12.1 Å². The summed E-state index contributed by atoms with van der Waals surface area (Å²) in [6.45, 7) is 8.06. The number of carbonyl (C=O) groups excluding carboxylic acids is 1. The molecule has 31 heavy (non-hydrogen) atoms. The number of rotatable bonds is 6. The molecule has 170 valence electrons. The summed E-state index contributed by atoms with van der Waals surface area (Å²) in [7, 11) is -4.31. The zero-order valence-electron chi connectivity index (χ0n) is 18.1. The molecule has 0 aliphatic heterocycles. The van der Waals surface area contributed by atoms with Crippen LogP contribution in [-0.2, 0) is 24.4 Å². The Hall–Kier alpha value is -2.27. The van der Waals surface area contributed by atoms with Gasteiger partial charge in [-0.05, 0) is 45.6 Å². The van der Waals surface area contributed by atoms with Crippen molar-refractivity contribution in [3.05, 3.63) is 35.4 Å². The molecule has 0 fully saturated rings. The van der Waals surface area contributed by atoms with Gasteiger partial charge >= 0.3 is 21.6 Å². The van der Waals surface area contributed by atoms with Crippen LogP contribution >= 0.6 is 0 Å². The van der Waals surface area contributed by atoms with Crippen LogP contribution in [0.1, 0.15) is 44.9 Å². The number of carbonyl (C=O) groups is 1. The topological polar surface area (TPSA) is 78.9 Å². The summed E-state index contributed by atoms with van der Waals surface area (Å²) in [5, 5.41) is 0.578. The lowest BCUT2D eigenvalue weighted by Gasteiger charge is -2.30. The fraction of sp³-hybridized carbons (Fsp3) is 0.450. The van der Waals surface area contributed by atoms with Crippen LogP contribution in [0.15, 0.2) is 24.3 Å². The number of esters is 1. The molecule has 2 rings (SSSR count). The van der Waals surface area contributed by atoms with E-state index in [1.54, 1.807) is 54.6 Å². The second-order valence-electron chi connectivity index (χ2n) is 7.88. The number of alkyl halides is 3. The van der Waals surface area contributed by atoms with Crippen LogP contribution in [0.2, 0.25) is 0 Å². The highest BCUT2D eigenvalue weighted by Gasteiger charge is 2.49. The third-order valence-corrected chi connectivity index (χ3v) is 5.45. The van der Waals surface area contributed by atoms with E-state index >= 15 is 0 Å². The highest BCUT2D eigenvalue weighted by atomic mass is 32.2. The first kappa shape index (κ1) is 25.0. The first-order chi connectivity index (χ1) is 14.1. The van der Waals surface area contributed by atoms with E-state index < -0.39 is 39.1 Å². The Bertz CT molecular complexity index is 1090. The molecule has 0 unspecified atom stereocenters. The first-order valence-electron chi connectivity index (χ1n) is 9.47. The van der Waals surface area contributed by atoms with Crippen LogP contribution in [0, 0.1) is 6.92 Å². The van der Waals surface area contributed by atoms with Crippen molar-refractivity contribution in [3.63, 3.8) is 0 Å². The fourth-order valence-electron chi connectivity index (χ4n) is 3.09. The molecule has 6 nitrogen and oxygen atoms in total. The van der Waals surface area contributed by atoms with Gasteiger partial charge < -0.3 is 13.7 Å². The Morgan fingerprint density at radius 2 is 1.68 bits per heavy atom. The Labute approximate surface area is 180 Å². The SMILES string of the molecule is Bc1c(C)c([C@H](OC(C)(C)C)C(=O)OCC)c(OS(=O)(=O)C(F)(F)F)c2ccccc12. The Kier molecular flexibility index (Phi) is 7.02. The third kappa shape index (κ3) is 5.32. The van der Waals surface area contributed by atoms with Crippen molar-refractivity contribution >= 4 is 40.2 Å². The minimum absolute atomic E-state index is 0.00845. The van der Waals surface area contributed by atoms with Crippen molar-refractivity contribution in [2.45, 2.75) is 51.8 Å². The maximum Gasteiger partial charge on any atom is 0.534 e. The van der Waals surface area contributed by atoms with Gasteiger partial charge in [0.2, 0.25) is 0 Å². The maximum absolute atomic E-state index is 13.1. The molecule has 0 aliphatic rings. The molecule has 0 aliphatic carbocycles. The quantitative estimate of drug-likeness (QED) is 0.286.